The van der Waals surface area contributed by atoms with Crippen LogP contribution in [0, 0.1) is 6.92 Å². The molecule has 0 aliphatic carbocycles. The summed E-state index contributed by atoms with van der Waals surface area (Å²) in [5.41, 5.74) is 3.60. The molecule has 7 nitrogen and oxygen atoms in total. The number of carbonyl (C=O) groups excluding carboxylic acids is 2. The van der Waals surface area contributed by atoms with Crippen molar-refractivity contribution in [1.29, 1.82) is 0 Å². The van der Waals surface area contributed by atoms with Gasteiger partial charge in [-0.25, -0.2) is 4.98 Å². The Morgan fingerprint density at radius 1 is 1.06 bits per heavy atom. The van der Waals surface area contributed by atoms with Crippen molar-refractivity contribution in [1.82, 2.24) is 9.97 Å². The predicted octanol–water partition coefficient (Wildman–Crippen LogP) is 4.90. The van der Waals surface area contributed by atoms with Crippen LogP contribution in [0.4, 0.5) is 5.95 Å². The van der Waals surface area contributed by atoms with Crippen LogP contribution in [-0.4, -0.2) is 33.4 Å². The van der Waals surface area contributed by atoms with Gasteiger partial charge < -0.3 is 14.8 Å². The molecule has 0 saturated carbocycles. The van der Waals surface area contributed by atoms with E-state index in [-0.39, 0.29) is 17.3 Å². The highest BCUT2D eigenvalue weighted by Crippen LogP contribution is 2.41. The van der Waals surface area contributed by atoms with Crippen LogP contribution in [0.15, 0.2) is 78.4 Å². The van der Waals surface area contributed by atoms with Gasteiger partial charge in [-0.05, 0) is 61.4 Å². The van der Waals surface area contributed by atoms with Gasteiger partial charge in [-0.2, -0.15) is 0 Å². The zero-order valence-electron chi connectivity index (χ0n) is 18.8. The smallest absolute Gasteiger partial charge is 0.302 e. The van der Waals surface area contributed by atoms with Crippen LogP contribution in [0.25, 0.3) is 16.8 Å². The Morgan fingerprint density at radius 3 is 2.50 bits per heavy atom. The number of hydrogen-bond acceptors (Lipinski definition) is 5. The van der Waals surface area contributed by atoms with E-state index in [1.807, 2.05) is 62.4 Å². The second-order valence-electron chi connectivity index (χ2n) is 8.12. The topological polar surface area (TPSA) is 95.5 Å². The monoisotopic (exact) mass is 453 g/mol. The summed E-state index contributed by atoms with van der Waals surface area (Å²) >= 11 is 0. The lowest BCUT2D eigenvalue weighted by molar-refractivity contribution is -0.132. The molecule has 2 heterocycles. The average molecular weight is 453 g/mol. The number of amides is 1. The molecule has 1 aliphatic heterocycles. The Kier molecular flexibility index (Phi) is 5.37. The molecule has 2 N–H and O–H groups in total. The minimum Gasteiger partial charge on any atom is -0.507 e. The fourth-order valence-electron chi connectivity index (χ4n) is 4.26. The van der Waals surface area contributed by atoms with Crippen molar-refractivity contribution in [3.05, 3.63) is 95.1 Å². The quantitative estimate of drug-likeness (QED) is 0.255. The van der Waals surface area contributed by atoms with Crippen LogP contribution < -0.4 is 9.64 Å². The van der Waals surface area contributed by atoms with Crippen molar-refractivity contribution in [2.75, 3.05) is 11.5 Å². The van der Waals surface area contributed by atoms with Crippen molar-refractivity contribution in [2.24, 2.45) is 0 Å². The number of aliphatic hydroxyl groups is 1. The third kappa shape index (κ3) is 3.61. The first-order valence-corrected chi connectivity index (χ1v) is 11.0. The molecule has 4 aromatic rings. The van der Waals surface area contributed by atoms with Gasteiger partial charge in [-0.1, -0.05) is 36.4 Å². The predicted molar refractivity (Wildman–Crippen MR) is 130 cm³/mol. The highest BCUT2D eigenvalue weighted by molar-refractivity contribution is 6.51. The first-order chi connectivity index (χ1) is 16.5. The van der Waals surface area contributed by atoms with E-state index in [1.165, 1.54) is 4.90 Å². The van der Waals surface area contributed by atoms with Gasteiger partial charge in [0.1, 0.15) is 11.5 Å². The van der Waals surface area contributed by atoms with Crippen LogP contribution in [0.5, 0.6) is 5.75 Å². The highest BCUT2D eigenvalue weighted by atomic mass is 16.5. The fraction of sp³-hybridized carbons (Fsp3) is 0.148. The molecule has 1 atom stereocenters. The van der Waals surface area contributed by atoms with Gasteiger partial charge in [0.15, 0.2) is 0 Å². The summed E-state index contributed by atoms with van der Waals surface area (Å²) in [6.45, 7) is 4.36. The van der Waals surface area contributed by atoms with Crippen molar-refractivity contribution in [3.8, 4) is 5.75 Å². The highest BCUT2D eigenvalue weighted by Gasteiger charge is 2.48. The molecule has 1 fully saturated rings. The summed E-state index contributed by atoms with van der Waals surface area (Å²) in [5.74, 6) is -0.863. The van der Waals surface area contributed by atoms with Gasteiger partial charge >= 0.3 is 5.91 Å². The second-order valence-corrected chi connectivity index (χ2v) is 8.12. The Bertz CT molecular complexity index is 1420. The summed E-state index contributed by atoms with van der Waals surface area (Å²) in [5, 5.41) is 11.2. The Balaban J connectivity index is 1.67. The molecule has 1 amide bonds. The molecule has 0 spiro atoms. The number of Topliss-reactive ketones (excluding diaryl/α,β-unsaturated/α-hetero) is 1. The molecular weight excluding hydrogens is 430 g/mol. The molecule has 1 aromatic heterocycles. The van der Waals surface area contributed by atoms with Gasteiger partial charge in [0, 0.05) is 5.56 Å². The second kappa shape index (κ2) is 8.51. The van der Waals surface area contributed by atoms with Crippen molar-refractivity contribution >= 4 is 34.4 Å². The number of imidazole rings is 1. The number of ketones is 1. The number of aryl methyl sites for hydroxylation is 1. The molecule has 0 radical (unpaired) electrons. The summed E-state index contributed by atoms with van der Waals surface area (Å²) in [6, 6.07) is 20.8. The number of rotatable bonds is 5. The fourth-order valence-corrected chi connectivity index (χ4v) is 4.26. The Hall–Kier alpha value is -4.39. The summed E-state index contributed by atoms with van der Waals surface area (Å²) in [6.07, 6.45) is 0. The zero-order chi connectivity index (χ0) is 23.8. The van der Waals surface area contributed by atoms with Crippen LogP contribution in [-0.2, 0) is 9.59 Å². The van der Waals surface area contributed by atoms with Crippen LogP contribution in [0.3, 0.4) is 0 Å². The number of H-pyrrole nitrogens is 1. The third-order valence-electron chi connectivity index (χ3n) is 5.85. The van der Waals surface area contributed by atoms with E-state index in [2.05, 4.69) is 9.97 Å². The lowest BCUT2D eigenvalue weighted by Gasteiger charge is -2.23. The lowest BCUT2D eigenvalue weighted by Crippen LogP contribution is -2.30. The number of nitrogens with zero attached hydrogens (tertiary/aromatic N) is 2. The maximum atomic E-state index is 13.3. The number of fused-ring (bicyclic) bond motifs is 1. The average Bonchev–Trinajstić information content (AvgIpc) is 3.37. The van der Waals surface area contributed by atoms with Crippen LogP contribution in [0.2, 0.25) is 0 Å². The third-order valence-corrected chi connectivity index (χ3v) is 5.85. The number of nitrogens with one attached hydrogen (secondary N) is 1. The number of carbonyl (C=O) groups is 2. The van der Waals surface area contributed by atoms with Gasteiger partial charge in [0.2, 0.25) is 5.95 Å². The normalized spacial score (nSPS) is 17.5. The molecule has 3 aromatic carbocycles. The van der Waals surface area contributed by atoms with Crippen LogP contribution >= 0.6 is 0 Å². The molecule has 5 rings (SSSR count). The number of anilines is 1. The number of aliphatic hydroxyl groups excluding tert-OH is 1. The molecule has 7 heteroatoms. The molecule has 34 heavy (non-hydrogen) atoms. The van der Waals surface area contributed by atoms with E-state index in [4.69, 9.17) is 4.74 Å². The number of hydrogen-bond donors (Lipinski definition) is 2. The van der Waals surface area contributed by atoms with E-state index in [1.54, 1.807) is 24.3 Å². The van der Waals surface area contributed by atoms with Gasteiger partial charge in [-0.3, -0.25) is 14.5 Å². The molecule has 170 valence electrons. The molecule has 1 unspecified atom stereocenters. The molecule has 1 aliphatic rings. The van der Waals surface area contributed by atoms with Gasteiger partial charge in [0.25, 0.3) is 5.78 Å². The molecule has 1 saturated heterocycles. The number of aromatic amines is 1. The van der Waals surface area contributed by atoms with Gasteiger partial charge in [0.05, 0.1) is 29.3 Å². The zero-order valence-corrected chi connectivity index (χ0v) is 18.8. The first-order valence-electron chi connectivity index (χ1n) is 11.0. The van der Waals surface area contributed by atoms with Crippen LogP contribution in [0.1, 0.15) is 29.7 Å². The van der Waals surface area contributed by atoms with E-state index < -0.39 is 17.7 Å². The SMILES string of the molecule is CCOc1ccc(/C(O)=C2\C(=O)C(=O)N(c3nc4ccc(C)cc4[nH]3)C2c2ccccc2)cc1. The van der Waals surface area contributed by atoms with Gasteiger partial charge in [-0.15, -0.1) is 0 Å². The first kappa shape index (κ1) is 21.5. The molecule has 0 bridgehead atoms. The lowest BCUT2D eigenvalue weighted by atomic mass is 9.95. The summed E-state index contributed by atoms with van der Waals surface area (Å²) in [7, 11) is 0. The minimum absolute atomic E-state index is 0.0111. The maximum absolute atomic E-state index is 13.3. The van der Waals surface area contributed by atoms with Crippen molar-refractivity contribution in [2.45, 2.75) is 19.9 Å². The minimum atomic E-state index is -0.838. The number of benzene rings is 3. The Morgan fingerprint density at radius 2 is 1.79 bits per heavy atom. The summed E-state index contributed by atoms with van der Waals surface area (Å²) in [4.78, 5) is 35.6. The maximum Gasteiger partial charge on any atom is 0.302 e. The van der Waals surface area contributed by atoms with E-state index in [0.717, 1.165) is 11.1 Å². The molecular formula is C27H23N3O4. The largest absolute Gasteiger partial charge is 0.507 e. The van der Waals surface area contributed by atoms with E-state index in [0.29, 0.717) is 29.0 Å². The van der Waals surface area contributed by atoms with Crippen molar-refractivity contribution in [3.63, 3.8) is 0 Å². The van der Waals surface area contributed by atoms with E-state index in [9.17, 15) is 14.7 Å². The van der Waals surface area contributed by atoms with E-state index >= 15 is 0 Å². The summed E-state index contributed by atoms with van der Waals surface area (Å²) < 4.78 is 5.47. The Labute approximate surface area is 196 Å². The number of aromatic nitrogens is 2. The standard InChI is InChI=1S/C27H23N3O4/c1-3-34-19-12-10-18(11-13-19)24(31)22-23(17-7-5-4-6-8-17)30(26(33)25(22)32)27-28-20-14-9-16(2)15-21(20)29-27/h4-15,23,31H,3H2,1-2H3,(H,28,29)/b24-22+. The number of ether oxygens (including phenoxy) is 1. The van der Waals surface area contributed by atoms with Crippen molar-refractivity contribution < 1.29 is 19.4 Å².